The fraction of sp³-hybridized carbons (Fsp3) is 0.604. The van der Waals surface area contributed by atoms with Gasteiger partial charge in [-0.1, -0.05) is 74.5 Å². The number of cyclic esters (lactones) is 1. The summed E-state index contributed by atoms with van der Waals surface area (Å²) in [5.41, 5.74) is 0.533. The molecule has 0 unspecified atom stereocenters. The first kappa shape index (κ1) is 48.3. The van der Waals surface area contributed by atoms with Crippen LogP contribution in [-0.4, -0.2) is 121 Å². The van der Waals surface area contributed by atoms with Crippen LogP contribution < -0.4 is 0 Å². The predicted octanol–water partition coefficient (Wildman–Crippen LogP) is 7.52. The molecule has 3 saturated heterocycles. The number of nitrogens with one attached hydrogen (secondary N) is 1. The Labute approximate surface area is 376 Å². The average molecular weight is 895 g/mol. The molecule has 4 heterocycles. The summed E-state index contributed by atoms with van der Waals surface area (Å²) in [6.45, 7) is 13.5. The second-order valence-electron chi connectivity index (χ2n) is 17.8. The molecule has 13 atom stereocenters. The van der Waals surface area contributed by atoms with Crippen molar-refractivity contribution in [3.8, 4) is 11.8 Å². The molecule has 63 heavy (non-hydrogen) atoms. The number of hydrogen-bond acceptors (Lipinski definition) is 13. The van der Waals surface area contributed by atoms with Crippen LogP contribution in [0.15, 0.2) is 59.9 Å². The van der Waals surface area contributed by atoms with Gasteiger partial charge in [0.2, 0.25) is 0 Å². The Morgan fingerprint density at radius 1 is 1.05 bits per heavy atom. The van der Waals surface area contributed by atoms with Crippen molar-refractivity contribution < 1.29 is 52.7 Å². The molecule has 14 nitrogen and oxygen atoms in total. The van der Waals surface area contributed by atoms with Crippen molar-refractivity contribution in [3.05, 3.63) is 70.9 Å². The number of ether oxygens (including phenoxy) is 7. The number of H-pyrrole nitrogens is 1. The van der Waals surface area contributed by atoms with Crippen molar-refractivity contribution in [2.45, 2.75) is 128 Å². The Morgan fingerprint density at radius 2 is 1.81 bits per heavy atom. The Balaban J connectivity index is 1.43. The topological polar surface area (TPSA) is 160 Å². The van der Waals surface area contributed by atoms with Crippen LogP contribution in [-0.2, 0) is 49.4 Å². The van der Waals surface area contributed by atoms with Crippen LogP contribution in [0.2, 0.25) is 5.02 Å². The van der Waals surface area contributed by atoms with Gasteiger partial charge in [0.1, 0.15) is 25.4 Å². The van der Waals surface area contributed by atoms with Crippen molar-refractivity contribution in [2.75, 3.05) is 34.4 Å². The van der Waals surface area contributed by atoms with Crippen LogP contribution in [0.4, 0.5) is 4.79 Å². The third-order valence-corrected chi connectivity index (χ3v) is 13.6. The summed E-state index contributed by atoms with van der Waals surface area (Å²) < 4.78 is 44.5. The van der Waals surface area contributed by atoms with Gasteiger partial charge in [-0.15, -0.1) is 0 Å². The van der Waals surface area contributed by atoms with Gasteiger partial charge in [-0.25, -0.2) is 4.79 Å². The largest absolute Gasteiger partial charge is 0.509 e. The molecule has 2 aromatic carbocycles. The van der Waals surface area contributed by atoms with E-state index in [2.05, 4.69) is 16.8 Å². The van der Waals surface area contributed by atoms with Crippen molar-refractivity contribution in [1.82, 2.24) is 9.88 Å². The number of aromatic nitrogens is 1. The zero-order valence-corrected chi connectivity index (χ0v) is 38.8. The van der Waals surface area contributed by atoms with E-state index in [1.165, 1.54) is 0 Å². The first-order valence-corrected chi connectivity index (χ1v) is 22.3. The Hall–Kier alpha value is -4.20. The zero-order valence-electron chi connectivity index (χ0n) is 38.1. The van der Waals surface area contributed by atoms with Gasteiger partial charge < -0.3 is 53.0 Å². The van der Waals surface area contributed by atoms with Crippen LogP contribution in [0.25, 0.3) is 10.9 Å². The number of aliphatic hydroxyl groups is 1. The number of benzene rings is 2. The van der Waals surface area contributed by atoms with Gasteiger partial charge in [0.15, 0.2) is 18.0 Å². The molecule has 3 aromatic rings. The summed E-state index contributed by atoms with van der Waals surface area (Å²) in [5, 5.41) is 18.0. The monoisotopic (exact) mass is 893 g/mol. The summed E-state index contributed by atoms with van der Waals surface area (Å²) in [5.74, 6) is 3.26. The summed E-state index contributed by atoms with van der Waals surface area (Å²) in [6, 6.07) is 15.0. The lowest BCUT2D eigenvalue weighted by atomic mass is 9.73. The highest BCUT2D eigenvalue weighted by atomic mass is 35.5. The molecular weight excluding hydrogens is 830 g/mol. The van der Waals surface area contributed by atoms with Crippen LogP contribution in [0.3, 0.4) is 0 Å². The molecule has 0 bridgehead atoms. The lowest BCUT2D eigenvalue weighted by Gasteiger charge is -2.47. The van der Waals surface area contributed by atoms with Gasteiger partial charge in [0.05, 0.1) is 36.0 Å². The fourth-order valence-electron chi connectivity index (χ4n) is 9.65. The minimum absolute atomic E-state index is 0.0323. The molecule has 3 aliphatic rings. The number of nitrogens with zero attached hydrogens (tertiary/aromatic N) is 2. The first-order chi connectivity index (χ1) is 30.0. The molecule has 0 amide bonds. The highest BCUT2D eigenvalue weighted by molar-refractivity contribution is 6.31. The molecule has 3 fully saturated rings. The number of fused-ring (bicyclic) bond motifs is 2. The quantitative estimate of drug-likeness (QED) is 0.117. The average Bonchev–Trinajstić information content (AvgIpc) is 3.86. The van der Waals surface area contributed by atoms with E-state index >= 15 is 0 Å². The number of carbonyl (C=O) groups is 2. The maximum atomic E-state index is 14.6. The molecule has 0 aliphatic carbocycles. The van der Waals surface area contributed by atoms with E-state index in [4.69, 9.17) is 54.8 Å². The zero-order chi connectivity index (χ0) is 45.6. The van der Waals surface area contributed by atoms with E-state index in [0.717, 1.165) is 22.0 Å². The van der Waals surface area contributed by atoms with Gasteiger partial charge in [-0.05, 0) is 84.5 Å². The van der Waals surface area contributed by atoms with E-state index in [9.17, 15) is 14.7 Å². The maximum absolute atomic E-state index is 14.6. The van der Waals surface area contributed by atoms with Crippen LogP contribution >= 0.6 is 11.6 Å². The van der Waals surface area contributed by atoms with Crippen LogP contribution in [0.5, 0.6) is 0 Å². The lowest BCUT2D eigenvalue weighted by molar-refractivity contribution is -0.289. The molecular formula is C48H64ClN3O11. The molecule has 1 aromatic heterocycles. The standard InChI is InChI=1S/C48H64ClN3O11/c1-11-38-48(7)43(62-46(55)63-48)29(3)39(51-59-27-34-16-12-13-17-35(34)49)28(2)26-47(6,56-10)42(61-45-40(53)37(52(8)9)21-24-58-45)30(4)41(31(5)44(54)60-38)57-23-14-15-32-18-19-36-33(25-32)20-22-50-36/h12-13,16-20,22,25,28-31,37-38,40-43,45,50,53H,11,21,23-24,26-27H2,1-10H3/b51-39+/t28-,29+,30+,31-,37+,38-,40-,41+,42-,43-,45+,47-,48-/m1/s1. The third-order valence-electron chi connectivity index (χ3n) is 13.2. The van der Waals surface area contributed by atoms with E-state index < -0.39 is 83.8 Å². The molecule has 0 radical (unpaired) electrons. The van der Waals surface area contributed by atoms with E-state index in [1.807, 2.05) is 102 Å². The van der Waals surface area contributed by atoms with E-state index in [0.29, 0.717) is 36.6 Å². The minimum atomic E-state index is -1.41. The fourth-order valence-corrected chi connectivity index (χ4v) is 9.84. The molecule has 0 spiro atoms. The number of oxime groups is 1. The number of aromatic amines is 1. The predicted molar refractivity (Wildman–Crippen MR) is 238 cm³/mol. The smallest absolute Gasteiger partial charge is 0.458 e. The summed E-state index contributed by atoms with van der Waals surface area (Å²) in [6.07, 6.45) is -3.44. The van der Waals surface area contributed by atoms with Crippen molar-refractivity contribution in [3.63, 3.8) is 0 Å². The lowest BCUT2D eigenvalue weighted by Crippen LogP contribution is -2.59. The molecule has 2 N–H and O–H groups in total. The molecule has 15 heteroatoms. The third kappa shape index (κ3) is 10.7. The number of rotatable bonds is 10. The van der Waals surface area contributed by atoms with E-state index in [-0.39, 0.29) is 19.3 Å². The normalized spacial score (nSPS) is 34.9. The highest BCUT2D eigenvalue weighted by Gasteiger charge is 2.59. The van der Waals surface area contributed by atoms with Gasteiger partial charge in [-0.3, -0.25) is 4.79 Å². The number of halogens is 1. The molecule has 3 aliphatic heterocycles. The van der Waals surface area contributed by atoms with Crippen molar-refractivity contribution >= 4 is 40.3 Å². The van der Waals surface area contributed by atoms with Gasteiger partial charge in [-0.2, -0.15) is 0 Å². The molecule has 344 valence electrons. The highest BCUT2D eigenvalue weighted by Crippen LogP contribution is 2.43. The van der Waals surface area contributed by atoms with Crippen molar-refractivity contribution in [2.24, 2.45) is 28.8 Å². The number of methoxy groups -OCH3 is 1. The second-order valence-corrected chi connectivity index (χ2v) is 18.2. The van der Waals surface area contributed by atoms with Gasteiger partial charge in [0.25, 0.3) is 0 Å². The Morgan fingerprint density at radius 3 is 2.52 bits per heavy atom. The molecule has 6 rings (SSSR count). The van der Waals surface area contributed by atoms with Crippen LogP contribution in [0.1, 0.15) is 78.9 Å². The number of hydrogen-bond donors (Lipinski definition) is 2. The molecule has 0 saturated carbocycles. The van der Waals surface area contributed by atoms with Crippen LogP contribution in [0, 0.1) is 35.5 Å². The number of aliphatic hydroxyl groups excluding tert-OH is 1. The second kappa shape index (κ2) is 20.7. The number of likely N-dealkylation sites (N-methyl/N-ethyl adjacent to an activating group) is 1. The summed E-state index contributed by atoms with van der Waals surface area (Å²) >= 11 is 6.49. The Kier molecular flexibility index (Phi) is 15.9. The maximum Gasteiger partial charge on any atom is 0.509 e. The first-order valence-electron chi connectivity index (χ1n) is 21.9. The minimum Gasteiger partial charge on any atom is -0.458 e. The van der Waals surface area contributed by atoms with Crippen molar-refractivity contribution in [1.29, 1.82) is 0 Å². The summed E-state index contributed by atoms with van der Waals surface area (Å²) in [7, 11) is 5.42. The van der Waals surface area contributed by atoms with Gasteiger partial charge in [0, 0.05) is 64.2 Å². The Bertz CT molecular complexity index is 2140. The van der Waals surface area contributed by atoms with E-state index in [1.54, 1.807) is 27.0 Å². The SMILES string of the molecule is CC[C@H]1OC(=O)[C@H](C)[C@@H](OCC#Cc2ccc3[nH]ccc3c2)[C@H](C)[C@@H](O[C@@H]2OCC[C@H](N(C)C)[C@H]2O)[C@](C)(OC)C[C@@H](C)/C(=N\OCc2ccccc2Cl)[C@H](C)[C@H]2OC(=O)O[C@@]21C. The summed E-state index contributed by atoms with van der Waals surface area (Å²) in [4.78, 5) is 38.9. The number of carbonyl (C=O) groups excluding carboxylic acids is 2. The number of esters is 1. The van der Waals surface area contributed by atoms with Gasteiger partial charge >= 0.3 is 12.1 Å².